The minimum absolute atomic E-state index is 0.127. The molecule has 1 atom stereocenters. The number of carbonyl (C=O) groups is 2. The van der Waals surface area contributed by atoms with Crippen molar-refractivity contribution in [3.05, 3.63) is 0 Å². The van der Waals surface area contributed by atoms with Gasteiger partial charge in [0.05, 0.1) is 12.6 Å². The normalized spacial score (nSPS) is 12.9. The maximum absolute atomic E-state index is 11.8. The van der Waals surface area contributed by atoms with Gasteiger partial charge in [-0.15, -0.1) is 0 Å². The Morgan fingerprint density at radius 2 is 1.89 bits per heavy atom. The molecule has 0 unspecified atom stereocenters. The van der Waals surface area contributed by atoms with E-state index in [2.05, 4.69) is 4.18 Å². The van der Waals surface area contributed by atoms with E-state index < -0.39 is 29.7 Å². The number of carbonyl (C=O) groups excluding carboxylic acids is 2. The molecule has 0 bridgehead atoms. The predicted octanol–water partition coefficient (Wildman–Crippen LogP) is 1.08. The van der Waals surface area contributed by atoms with E-state index in [-0.39, 0.29) is 18.8 Å². The third-order valence-corrected chi connectivity index (χ3v) is 2.44. The van der Waals surface area contributed by atoms with Crippen molar-refractivity contribution >= 4 is 23.8 Å². The standard InChI is InChI=1S/C11H21NO5S/c1-8(13)9(6-7-16-18-15)12(5)10(14)17-11(2,3)4/h9,18H,6-7H2,1-5H3/t9-/m0/s1. The van der Waals surface area contributed by atoms with Gasteiger partial charge in [-0.2, -0.15) is 0 Å². The first kappa shape index (κ1) is 17.1. The molecule has 0 aliphatic carbocycles. The lowest BCUT2D eigenvalue weighted by Crippen LogP contribution is -2.44. The molecule has 7 heteroatoms. The quantitative estimate of drug-likeness (QED) is 0.582. The second kappa shape index (κ2) is 7.48. The average Bonchev–Trinajstić information content (AvgIpc) is 2.20. The first-order chi connectivity index (χ1) is 8.19. The molecule has 0 saturated heterocycles. The number of Topliss-reactive ketones (excluding diaryl/α,β-unsaturated/α-hetero) is 1. The molecule has 0 spiro atoms. The fourth-order valence-corrected chi connectivity index (χ4v) is 1.51. The van der Waals surface area contributed by atoms with Crippen molar-refractivity contribution in [2.45, 2.75) is 45.8 Å². The van der Waals surface area contributed by atoms with Gasteiger partial charge in [-0.3, -0.25) is 8.98 Å². The molecule has 0 rings (SSSR count). The topological polar surface area (TPSA) is 72.9 Å². The first-order valence-electron chi connectivity index (χ1n) is 5.60. The summed E-state index contributed by atoms with van der Waals surface area (Å²) in [6.07, 6.45) is -0.289. The van der Waals surface area contributed by atoms with Crippen LogP contribution in [0.5, 0.6) is 0 Å². The van der Waals surface area contributed by atoms with E-state index in [0.29, 0.717) is 0 Å². The van der Waals surface area contributed by atoms with Gasteiger partial charge in [0, 0.05) is 7.05 Å². The third kappa shape index (κ3) is 6.70. The lowest BCUT2D eigenvalue weighted by Gasteiger charge is -2.29. The van der Waals surface area contributed by atoms with Crippen LogP contribution in [0.4, 0.5) is 4.79 Å². The molecule has 106 valence electrons. The summed E-state index contributed by atoms with van der Waals surface area (Å²) in [6.45, 7) is 6.77. The van der Waals surface area contributed by atoms with E-state index >= 15 is 0 Å². The number of ether oxygens (including phenoxy) is 1. The monoisotopic (exact) mass is 279 g/mol. The van der Waals surface area contributed by atoms with Crippen LogP contribution in [0.3, 0.4) is 0 Å². The summed E-state index contributed by atoms with van der Waals surface area (Å²) in [6, 6.07) is -0.637. The zero-order chi connectivity index (χ0) is 14.3. The van der Waals surface area contributed by atoms with Crippen LogP contribution >= 0.6 is 0 Å². The minimum atomic E-state index is -0.637. The van der Waals surface area contributed by atoms with Crippen molar-refractivity contribution in [3.8, 4) is 0 Å². The lowest BCUT2D eigenvalue weighted by atomic mass is 10.1. The number of hydrogen-bond donors (Lipinski definition) is 1. The highest BCUT2D eigenvalue weighted by Crippen LogP contribution is 2.12. The Balaban J connectivity index is 4.55. The maximum Gasteiger partial charge on any atom is 0.410 e. The Hall–Kier alpha value is -0.950. The molecular weight excluding hydrogens is 258 g/mol. The number of thiol groups is 1. The van der Waals surface area contributed by atoms with Crippen LogP contribution in [-0.2, 0) is 25.7 Å². The SMILES string of the molecule is CC(=O)[C@H](CCO[SH]=O)N(C)C(=O)OC(C)(C)C. The molecule has 0 heterocycles. The number of nitrogens with zero attached hydrogens (tertiary/aromatic N) is 1. The number of likely N-dealkylation sites (N-methyl/N-ethyl adjacent to an activating group) is 1. The molecule has 0 aliphatic heterocycles. The molecule has 6 nitrogen and oxygen atoms in total. The van der Waals surface area contributed by atoms with Crippen LogP contribution in [0.25, 0.3) is 0 Å². The van der Waals surface area contributed by atoms with Gasteiger partial charge in [-0.25, -0.2) is 9.00 Å². The molecule has 18 heavy (non-hydrogen) atoms. The van der Waals surface area contributed by atoms with Gasteiger partial charge in [-0.05, 0) is 34.1 Å². The Labute approximate surface area is 111 Å². The predicted molar refractivity (Wildman–Crippen MR) is 68.6 cm³/mol. The van der Waals surface area contributed by atoms with Crippen molar-refractivity contribution in [1.29, 1.82) is 0 Å². The summed E-state index contributed by atoms with van der Waals surface area (Å²) in [4.78, 5) is 24.5. The highest BCUT2D eigenvalue weighted by atomic mass is 32.2. The number of ketones is 1. The fourth-order valence-electron chi connectivity index (χ4n) is 1.33. The highest BCUT2D eigenvalue weighted by Gasteiger charge is 2.27. The van der Waals surface area contributed by atoms with Crippen LogP contribution in [0.1, 0.15) is 34.1 Å². The van der Waals surface area contributed by atoms with Crippen LogP contribution in [0.2, 0.25) is 0 Å². The summed E-state index contributed by atoms with van der Waals surface area (Å²) in [5, 5.41) is 0. The van der Waals surface area contributed by atoms with Crippen LogP contribution in [0, 0.1) is 0 Å². The maximum atomic E-state index is 11.8. The molecule has 0 fully saturated rings. The zero-order valence-corrected chi connectivity index (χ0v) is 12.3. The van der Waals surface area contributed by atoms with Crippen molar-refractivity contribution < 1.29 is 22.7 Å². The molecule has 0 aromatic heterocycles. The van der Waals surface area contributed by atoms with Gasteiger partial charge >= 0.3 is 6.09 Å². The summed E-state index contributed by atoms with van der Waals surface area (Å²) < 4.78 is 19.9. The molecule has 0 aliphatic rings. The van der Waals surface area contributed by atoms with Crippen molar-refractivity contribution in [3.63, 3.8) is 0 Å². The summed E-state index contributed by atoms with van der Waals surface area (Å²) in [7, 11) is 1.50. The Bertz CT molecular complexity index is 313. The van der Waals surface area contributed by atoms with Crippen LogP contribution in [-0.4, -0.2) is 46.3 Å². The van der Waals surface area contributed by atoms with Gasteiger partial charge in [-0.1, -0.05) is 0 Å². The lowest BCUT2D eigenvalue weighted by molar-refractivity contribution is -0.122. The smallest absolute Gasteiger partial charge is 0.410 e. The van der Waals surface area contributed by atoms with E-state index in [1.54, 1.807) is 20.8 Å². The third-order valence-electron chi connectivity index (χ3n) is 2.15. The Morgan fingerprint density at radius 3 is 2.28 bits per heavy atom. The zero-order valence-electron chi connectivity index (χ0n) is 11.4. The van der Waals surface area contributed by atoms with E-state index in [4.69, 9.17) is 4.74 Å². The second-order valence-corrected chi connectivity index (χ2v) is 5.32. The van der Waals surface area contributed by atoms with Crippen molar-refractivity contribution in [1.82, 2.24) is 4.90 Å². The summed E-state index contributed by atoms with van der Waals surface area (Å²) in [5.74, 6) is -0.172. The van der Waals surface area contributed by atoms with Gasteiger partial charge in [0.15, 0.2) is 5.78 Å². The van der Waals surface area contributed by atoms with E-state index in [1.807, 2.05) is 0 Å². The van der Waals surface area contributed by atoms with Crippen LogP contribution < -0.4 is 0 Å². The number of rotatable bonds is 6. The second-order valence-electron chi connectivity index (χ2n) is 4.91. The molecule has 0 N–H and O–H groups in total. The number of amides is 1. The molecule has 0 aromatic carbocycles. The van der Waals surface area contributed by atoms with E-state index in [0.717, 1.165) is 0 Å². The molecule has 0 saturated carbocycles. The molecule has 1 amide bonds. The molecular formula is C11H21NO5S. The molecule has 0 aromatic rings. The van der Waals surface area contributed by atoms with Crippen molar-refractivity contribution in [2.24, 2.45) is 0 Å². The average molecular weight is 279 g/mol. The van der Waals surface area contributed by atoms with Gasteiger partial charge in [0.2, 0.25) is 0 Å². The fraction of sp³-hybridized carbons (Fsp3) is 0.818. The molecule has 0 radical (unpaired) electrons. The summed E-state index contributed by atoms with van der Waals surface area (Å²) >= 11 is -0.438. The van der Waals surface area contributed by atoms with E-state index in [9.17, 15) is 13.8 Å². The minimum Gasteiger partial charge on any atom is -0.444 e. The first-order valence-corrected chi connectivity index (χ1v) is 6.33. The summed E-state index contributed by atoms with van der Waals surface area (Å²) in [5.41, 5.74) is -0.614. The Kier molecular flexibility index (Phi) is 7.08. The number of hydrogen-bond acceptors (Lipinski definition) is 5. The van der Waals surface area contributed by atoms with E-state index in [1.165, 1.54) is 18.9 Å². The van der Waals surface area contributed by atoms with Crippen LogP contribution in [0.15, 0.2) is 0 Å². The van der Waals surface area contributed by atoms with Gasteiger partial charge in [0.1, 0.15) is 17.5 Å². The van der Waals surface area contributed by atoms with Gasteiger partial charge in [0.25, 0.3) is 0 Å². The largest absolute Gasteiger partial charge is 0.444 e. The Morgan fingerprint density at radius 1 is 1.33 bits per heavy atom. The highest BCUT2D eigenvalue weighted by molar-refractivity contribution is 7.60. The van der Waals surface area contributed by atoms with Crippen molar-refractivity contribution in [2.75, 3.05) is 13.7 Å². The van der Waals surface area contributed by atoms with Gasteiger partial charge < -0.3 is 9.64 Å².